The maximum absolute atomic E-state index is 11.4. The highest BCUT2D eigenvalue weighted by molar-refractivity contribution is 6.03. The fraction of sp³-hybridized carbons (Fsp3) is 0.200. The van der Waals surface area contributed by atoms with E-state index in [-0.39, 0.29) is 5.56 Å². The third-order valence-corrected chi connectivity index (χ3v) is 3.60. The van der Waals surface area contributed by atoms with Crippen LogP contribution in [-0.2, 0) is 7.05 Å². The normalized spacial score (nSPS) is 11.0. The van der Waals surface area contributed by atoms with E-state index in [9.17, 15) is 9.90 Å². The quantitative estimate of drug-likeness (QED) is 0.775. The standard InChI is InChI=1S/C15H15N3O3/c1-8-13(14-11(15(19)20)7-16-18(14)2)10-5-4-9(21-3)6-12(10)17-8/h4-7,17H,1-3H3,(H,19,20). The number of benzene rings is 1. The molecule has 3 rings (SSSR count). The second kappa shape index (κ2) is 4.66. The van der Waals surface area contributed by atoms with Crippen LogP contribution in [0.2, 0.25) is 0 Å². The van der Waals surface area contributed by atoms with Gasteiger partial charge in [-0.3, -0.25) is 4.68 Å². The van der Waals surface area contributed by atoms with Gasteiger partial charge in [0.05, 0.1) is 19.0 Å². The predicted molar refractivity (Wildman–Crippen MR) is 78.7 cm³/mol. The number of hydrogen-bond acceptors (Lipinski definition) is 3. The smallest absolute Gasteiger partial charge is 0.339 e. The van der Waals surface area contributed by atoms with Crippen molar-refractivity contribution in [1.29, 1.82) is 0 Å². The zero-order valence-corrected chi connectivity index (χ0v) is 12.0. The monoisotopic (exact) mass is 285 g/mol. The Hall–Kier alpha value is -2.76. The number of nitrogens with zero attached hydrogens (tertiary/aromatic N) is 2. The molecule has 0 aliphatic heterocycles. The maximum atomic E-state index is 11.4. The minimum Gasteiger partial charge on any atom is -0.497 e. The van der Waals surface area contributed by atoms with Crippen molar-refractivity contribution in [2.24, 2.45) is 7.05 Å². The van der Waals surface area contributed by atoms with E-state index in [1.165, 1.54) is 6.20 Å². The number of aromatic nitrogens is 3. The summed E-state index contributed by atoms with van der Waals surface area (Å²) in [4.78, 5) is 14.7. The van der Waals surface area contributed by atoms with E-state index in [0.717, 1.165) is 27.9 Å². The average Bonchev–Trinajstić information content (AvgIpc) is 2.97. The number of H-pyrrole nitrogens is 1. The topological polar surface area (TPSA) is 80.1 Å². The van der Waals surface area contributed by atoms with Crippen LogP contribution in [0.5, 0.6) is 5.75 Å². The van der Waals surface area contributed by atoms with E-state index >= 15 is 0 Å². The van der Waals surface area contributed by atoms with Crippen molar-refractivity contribution < 1.29 is 14.6 Å². The molecule has 0 radical (unpaired) electrons. The third-order valence-electron chi connectivity index (χ3n) is 3.60. The number of hydrogen-bond donors (Lipinski definition) is 2. The fourth-order valence-corrected chi connectivity index (χ4v) is 2.63. The van der Waals surface area contributed by atoms with Crippen molar-refractivity contribution in [2.45, 2.75) is 6.92 Å². The molecule has 108 valence electrons. The summed E-state index contributed by atoms with van der Waals surface area (Å²) in [5.74, 6) is -0.237. The van der Waals surface area contributed by atoms with Gasteiger partial charge >= 0.3 is 5.97 Å². The van der Waals surface area contributed by atoms with Gasteiger partial charge in [-0.1, -0.05) is 0 Å². The Labute approximate surface area is 121 Å². The third kappa shape index (κ3) is 1.96. The molecule has 0 fully saturated rings. The highest BCUT2D eigenvalue weighted by Gasteiger charge is 2.21. The van der Waals surface area contributed by atoms with Crippen LogP contribution in [0.4, 0.5) is 0 Å². The Morgan fingerprint density at radius 3 is 2.86 bits per heavy atom. The average molecular weight is 285 g/mol. The van der Waals surface area contributed by atoms with E-state index in [4.69, 9.17) is 4.74 Å². The van der Waals surface area contributed by atoms with Crippen LogP contribution in [0.15, 0.2) is 24.4 Å². The number of carboxylic acids is 1. The zero-order chi connectivity index (χ0) is 15.1. The second-order valence-corrected chi connectivity index (χ2v) is 4.87. The van der Waals surface area contributed by atoms with Gasteiger partial charge in [0.1, 0.15) is 11.3 Å². The summed E-state index contributed by atoms with van der Waals surface area (Å²) in [6.07, 6.45) is 1.37. The first-order chi connectivity index (χ1) is 10.0. The first-order valence-corrected chi connectivity index (χ1v) is 6.45. The molecule has 2 aromatic heterocycles. The number of carbonyl (C=O) groups is 1. The minimum absolute atomic E-state index is 0.192. The van der Waals surface area contributed by atoms with Crippen LogP contribution < -0.4 is 4.74 Å². The summed E-state index contributed by atoms with van der Waals surface area (Å²) in [6.45, 7) is 1.92. The molecule has 0 unspecified atom stereocenters. The lowest BCUT2D eigenvalue weighted by Crippen LogP contribution is -2.01. The molecule has 6 heteroatoms. The summed E-state index contributed by atoms with van der Waals surface area (Å²) in [6, 6.07) is 5.67. The van der Waals surface area contributed by atoms with Crippen molar-refractivity contribution in [3.05, 3.63) is 35.7 Å². The zero-order valence-electron chi connectivity index (χ0n) is 12.0. The van der Waals surface area contributed by atoms with Gasteiger partial charge in [-0.05, 0) is 19.1 Å². The van der Waals surface area contributed by atoms with Crippen LogP contribution >= 0.6 is 0 Å². The SMILES string of the molecule is COc1ccc2c(-c3c(C(=O)O)cnn3C)c(C)[nH]c2c1. The van der Waals surface area contributed by atoms with Crippen LogP contribution in [0.1, 0.15) is 16.1 Å². The fourth-order valence-electron chi connectivity index (χ4n) is 2.63. The number of ether oxygens (including phenoxy) is 1. The molecule has 0 aliphatic carbocycles. The van der Waals surface area contributed by atoms with E-state index in [1.807, 2.05) is 25.1 Å². The molecule has 0 spiro atoms. The molecular formula is C15H15N3O3. The van der Waals surface area contributed by atoms with Crippen LogP contribution in [-0.4, -0.2) is 33.0 Å². The molecule has 0 aliphatic rings. The molecule has 0 amide bonds. The second-order valence-electron chi connectivity index (χ2n) is 4.87. The molecule has 21 heavy (non-hydrogen) atoms. The summed E-state index contributed by atoms with van der Waals surface area (Å²) in [5, 5.41) is 14.4. The number of aromatic amines is 1. The van der Waals surface area contributed by atoms with Crippen molar-refractivity contribution >= 4 is 16.9 Å². The Kier molecular flexibility index (Phi) is 2.94. The molecular weight excluding hydrogens is 270 g/mol. The van der Waals surface area contributed by atoms with Gasteiger partial charge in [0.15, 0.2) is 0 Å². The van der Waals surface area contributed by atoms with Crippen molar-refractivity contribution in [3.63, 3.8) is 0 Å². The highest BCUT2D eigenvalue weighted by atomic mass is 16.5. The lowest BCUT2D eigenvalue weighted by Gasteiger charge is -2.05. The van der Waals surface area contributed by atoms with Gasteiger partial charge in [-0.25, -0.2) is 4.79 Å². The van der Waals surface area contributed by atoms with Gasteiger partial charge in [-0.2, -0.15) is 5.10 Å². The Bertz CT molecular complexity index is 845. The molecule has 1 aromatic carbocycles. The largest absolute Gasteiger partial charge is 0.497 e. The molecule has 0 saturated heterocycles. The van der Waals surface area contributed by atoms with Gasteiger partial charge in [-0.15, -0.1) is 0 Å². The summed E-state index contributed by atoms with van der Waals surface area (Å²) in [7, 11) is 3.35. The summed E-state index contributed by atoms with van der Waals surface area (Å²) in [5.41, 5.74) is 3.43. The summed E-state index contributed by atoms with van der Waals surface area (Å²) >= 11 is 0. The Morgan fingerprint density at radius 1 is 1.43 bits per heavy atom. The number of aryl methyl sites for hydroxylation is 2. The molecule has 0 bridgehead atoms. The van der Waals surface area contributed by atoms with Crippen molar-refractivity contribution in [2.75, 3.05) is 7.11 Å². The molecule has 0 atom stereocenters. The Morgan fingerprint density at radius 2 is 2.19 bits per heavy atom. The maximum Gasteiger partial charge on any atom is 0.339 e. The number of carboxylic acid groups (broad SMARTS) is 1. The van der Waals surface area contributed by atoms with E-state index in [0.29, 0.717) is 5.69 Å². The summed E-state index contributed by atoms with van der Waals surface area (Å²) < 4.78 is 6.80. The first-order valence-electron chi connectivity index (χ1n) is 6.45. The molecule has 2 N–H and O–H groups in total. The van der Waals surface area contributed by atoms with Crippen molar-refractivity contribution in [1.82, 2.24) is 14.8 Å². The first kappa shape index (κ1) is 13.2. The number of aromatic carboxylic acids is 1. The minimum atomic E-state index is -0.986. The number of nitrogens with one attached hydrogen (secondary N) is 1. The van der Waals surface area contributed by atoms with E-state index < -0.39 is 5.97 Å². The van der Waals surface area contributed by atoms with E-state index in [1.54, 1.807) is 18.8 Å². The van der Waals surface area contributed by atoms with E-state index in [2.05, 4.69) is 10.1 Å². The lowest BCUT2D eigenvalue weighted by atomic mass is 10.0. The van der Waals surface area contributed by atoms with Crippen LogP contribution in [0, 0.1) is 6.92 Å². The highest BCUT2D eigenvalue weighted by Crippen LogP contribution is 2.35. The van der Waals surface area contributed by atoms with Crippen LogP contribution in [0.25, 0.3) is 22.2 Å². The molecule has 0 saturated carbocycles. The number of methoxy groups -OCH3 is 1. The molecule has 3 aromatic rings. The van der Waals surface area contributed by atoms with Crippen LogP contribution in [0.3, 0.4) is 0 Å². The van der Waals surface area contributed by atoms with Crippen molar-refractivity contribution in [3.8, 4) is 17.0 Å². The Balaban J connectivity index is 2.33. The molecule has 2 heterocycles. The molecule has 6 nitrogen and oxygen atoms in total. The number of fused-ring (bicyclic) bond motifs is 1. The lowest BCUT2D eigenvalue weighted by molar-refractivity contribution is 0.0697. The number of rotatable bonds is 3. The van der Waals surface area contributed by atoms with Gasteiger partial charge in [0.25, 0.3) is 0 Å². The van der Waals surface area contributed by atoms with Gasteiger partial charge in [0, 0.05) is 35.3 Å². The van der Waals surface area contributed by atoms with Gasteiger partial charge < -0.3 is 14.8 Å². The predicted octanol–water partition coefficient (Wildman–Crippen LogP) is 2.58. The van der Waals surface area contributed by atoms with Gasteiger partial charge in [0.2, 0.25) is 0 Å².